The van der Waals surface area contributed by atoms with Crippen molar-refractivity contribution in [3.8, 4) is 0 Å². The van der Waals surface area contributed by atoms with E-state index >= 15 is 0 Å². The van der Waals surface area contributed by atoms with E-state index in [2.05, 4.69) is 35.4 Å². The van der Waals surface area contributed by atoms with Crippen LogP contribution < -0.4 is 10.2 Å². The number of rotatable bonds is 4. The topological polar surface area (TPSA) is 74.2 Å². The molecule has 2 aromatic rings. The van der Waals surface area contributed by atoms with Crippen molar-refractivity contribution in [2.24, 2.45) is 0 Å². The van der Waals surface area contributed by atoms with Gasteiger partial charge in [-0.2, -0.15) is 0 Å². The number of aromatic nitrogens is 3. The highest BCUT2D eigenvalue weighted by Crippen LogP contribution is 2.21. The first kappa shape index (κ1) is 15.8. The maximum atomic E-state index is 12.3. The average Bonchev–Trinajstić information content (AvgIpc) is 3.02. The highest BCUT2D eigenvalue weighted by atomic mass is 32.1. The van der Waals surface area contributed by atoms with E-state index in [1.54, 1.807) is 29.8 Å². The third-order valence-electron chi connectivity index (χ3n) is 3.92. The Bertz CT molecular complexity index is 653. The third kappa shape index (κ3) is 3.83. The van der Waals surface area contributed by atoms with Crippen LogP contribution in [0.1, 0.15) is 12.6 Å². The number of piperazine rings is 1. The molecular weight excluding hydrogens is 312 g/mol. The van der Waals surface area contributed by atoms with Gasteiger partial charge in [0.05, 0.1) is 11.7 Å². The van der Waals surface area contributed by atoms with Gasteiger partial charge in [0, 0.05) is 44.0 Å². The zero-order valence-corrected chi connectivity index (χ0v) is 14.1. The fraction of sp³-hybridized carbons (Fsp3) is 0.467. The molecule has 3 heterocycles. The summed E-state index contributed by atoms with van der Waals surface area (Å²) in [5.41, 5.74) is 1.06. The molecule has 0 aliphatic carbocycles. The van der Waals surface area contributed by atoms with Crippen molar-refractivity contribution in [2.75, 3.05) is 36.4 Å². The van der Waals surface area contributed by atoms with E-state index in [4.69, 9.17) is 0 Å². The molecule has 0 aromatic carbocycles. The second-order valence-electron chi connectivity index (χ2n) is 5.53. The minimum absolute atomic E-state index is 0.0743. The first-order chi connectivity index (χ1) is 11.1. The lowest BCUT2D eigenvalue weighted by Gasteiger charge is -2.37. The number of amides is 1. The van der Waals surface area contributed by atoms with Crippen LogP contribution in [-0.2, 0) is 4.79 Å². The van der Waals surface area contributed by atoms with E-state index < -0.39 is 0 Å². The fourth-order valence-corrected chi connectivity index (χ4v) is 3.39. The predicted octanol–water partition coefficient (Wildman–Crippen LogP) is 1.39. The average molecular weight is 332 g/mol. The molecule has 0 radical (unpaired) electrons. The van der Waals surface area contributed by atoms with Crippen molar-refractivity contribution in [3.05, 3.63) is 29.5 Å². The van der Waals surface area contributed by atoms with Gasteiger partial charge >= 0.3 is 0 Å². The maximum Gasteiger partial charge on any atom is 0.243 e. The molecule has 1 amide bonds. The first-order valence-electron chi connectivity index (χ1n) is 7.62. The Balaban J connectivity index is 1.53. The summed E-state index contributed by atoms with van der Waals surface area (Å²) in [6, 6.07) is 1.51. The molecule has 0 spiro atoms. The highest BCUT2D eigenvalue weighted by molar-refractivity contribution is 7.13. The molecule has 7 nitrogen and oxygen atoms in total. The Morgan fingerprint density at radius 1 is 1.26 bits per heavy atom. The summed E-state index contributed by atoms with van der Waals surface area (Å²) in [5, 5.41) is 5.89. The van der Waals surface area contributed by atoms with Gasteiger partial charge in [0.15, 0.2) is 5.13 Å². The van der Waals surface area contributed by atoms with E-state index in [0.29, 0.717) is 5.95 Å². The molecule has 1 atom stereocenters. The number of carbonyl (C=O) groups is 1. The first-order valence-corrected chi connectivity index (χ1v) is 8.50. The van der Waals surface area contributed by atoms with Crippen LogP contribution in [0.4, 0.5) is 11.1 Å². The van der Waals surface area contributed by atoms with Crippen LogP contribution in [0.15, 0.2) is 23.8 Å². The number of aryl methyl sites for hydroxylation is 1. The van der Waals surface area contributed by atoms with Gasteiger partial charge in [0.25, 0.3) is 0 Å². The van der Waals surface area contributed by atoms with Crippen molar-refractivity contribution >= 4 is 28.3 Å². The molecule has 122 valence electrons. The summed E-state index contributed by atoms with van der Waals surface area (Å²) in [7, 11) is 0. The van der Waals surface area contributed by atoms with Gasteiger partial charge in [-0.15, -0.1) is 11.3 Å². The van der Waals surface area contributed by atoms with Gasteiger partial charge in [0.1, 0.15) is 0 Å². The van der Waals surface area contributed by atoms with Gasteiger partial charge in [-0.1, -0.05) is 0 Å². The summed E-state index contributed by atoms with van der Waals surface area (Å²) in [6.07, 6.45) is 3.23. The Morgan fingerprint density at radius 2 is 1.96 bits per heavy atom. The summed E-state index contributed by atoms with van der Waals surface area (Å²) >= 11 is 1.67. The van der Waals surface area contributed by atoms with Crippen molar-refractivity contribution in [1.82, 2.24) is 19.9 Å². The largest absolute Gasteiger partial charge is 0.346 e. The molecule has 3 rings (SSSR count). The van der Waals surface area contributed by atoms with Gasteiger partial charge in [0.2, 0.25) is 11.9 Å². The smallest absolute Gasteiger partial charge is 0.243 e. The van der Waals surface area contributed by atoms with Crippen LogP contribution >= 0.6 is 11.3 Å². The van der Waals surface area contributed by atoms with Crippen LogP contribution in [0.2, 0.25) is 0 Å². The van der Waals surface area contributed by atoms with E-state index in [1.165, 1.54) is 0 Å². The third-order valence-corrected chi connectivity index (χ3v) is 4.94. The fourth-order valence-electron chi connectivity index (χ4n) is 2.53. The van der Waals surface area contributed by atoms with E-state index in [1.807, 2.05) is 13.8 Å². The number of thiazole rings is 1. The number of anilines is 2. The quantitative estimate of drug-likeness (QED) is 0.912. The lowest BCUT2D eigenvalue weighted by Crippen LogP contribution is -2.52. The van der Waals surface area contributed by atoms with Crippen LogP contribution in [0.5, 0.6) is 0 Å². The molecule has 0 saturated carbocycles. The Labute approximate surface area is 139 Å². The predicted molar refractivity (Wildman–Crippen MR) is 90.8 cm³/mol. The highest BCUT2D eigenvalue weighted by Gasteiger charge is 2.26. The van der Waals surface area contributed by atoms with Gasteiger partial charge in [-0.3, -0.25) is 15.0 Å². The maximum absolute atomic E-state index is 12.3. The second-order valence-corrected chi connectivity index (χ2v) is 6.37. The van der Waals surface area contributed by atoms with E-state index in [9.17, 15) is 4.79 Å². The molecule has 8 heteroatoms. The Morgan fingerprint density at radius 3 is 2.57 bits per heavy atom. The molecule has 1 aliphatic rings. The van der Waals surface area contributed by atoms with Crippen molar-refractivity contribution in [3.63, 3.8) is 0 Å². The molecule has 0 bridgehead atoms. The summed E-state index contributed by atoms with van der Waals surface area (Å²) < 4.78 is 0. The summed E-state index contributed by atoms with van der Waals surface area (Å²) in [4.78, 5) is 29.3. The van der Waals surface area contributed by atoms with Crippen LogP contribution in [-0.4, -0.2) is 58.0 Å². The Hall–Kier alpha value is -2.06. The minimum atomic E-state index is -0.209. The minimum Gasteiger partial charge on any atom is -0.346 e. The molecule has 1 saturated heterocycles. The number of carbonyl (C=O) groups excluding carboxylic acids is 1. The summed E-state index contributed by atoms with van der Waals surface area (Å²) in [6.45, 7) is 7.36. The number of hydrogen-bond acceptors (Lipinski definition) is 7. The summed E-state index contributed by atoms with van der Waals surface area (Å²) in [5.74, 6) is 0.274. The van der Waals surface area contributed by atoms with Crippen molar-refractivity contribution in [2.45, 2.75) is 19.9 Å². The molecule has 1 aliphatic heterocycles. The molecule has 2 aromatic heterocycles. The number of hydrogen-bond donors (Lipinski definition) is 1. The lowest BCUT2D eigenvalue weighted by molar-refractivity contribution is -0.120. The van der Waals surface area contributed by atoms with Gasteiger partial charge < -0.3 is 4.90 Å². The zero-order valence-electron chi connectivity index (χ0n) is 13.3. The molecule has 23 heavy (non-hydrogen) atoms. The second kappa shape index (κ2) is 7.01. The van der Waals surface area contributed by atoms with Crippen molar-refractivity contribution < 1.29 is 4.79 Å². The van der Waals surface area contributed by atoms with Crippen LogP contribution in [0.25, 0.3) is 0 Å². The molecule has 0 unspecified atom stereocenters. The van der Waals surface area contributed by atoms with E-state index in [-0.39, 0.29) is 11.9 Å². The van der Waals surface area contributed by atoms with Crippen LogP contribution in [0, 0.1) is 6.92 Å². The molecule has 1 N–H and O–H groups in total. The monoisotopic (exact) mass is 332 g/mol. The van der Waals surface area contributed by atoms with E-state index in [0.717, 1.165) is 37.0 Å². The normalized spacial score (nSPS) is 17.0. The molecular formula is C15H20N6OS. The van der Waals surface area contributed by atoms with Crippen molar-refractivity contribution in [1.29, 1.82) is 0 Å². The van der Waals surface area contributed by atoms with Gasteiger partial charge in [-0.25, -0.2) is 15.0 Å². The standard InChI is InChI=1S/C15H20N6OS/c1-11-10-23-15(18-11)21-8-6-20(7-9-21)12(2)13(22)19-14-16-4-3-5-17-14/h3-5,10,12H,6-9H2,1-2H3,(H,16,17,19,22)/t12-/m0/s1. The number of nitrogens with one attached hydrogen (secondary N) is 1. The van der Waals surface area contributed by atoms with Crippen LogP contribution in [0.3, 0.4) is 0 Å². The lowest BCUT2D eigenvalue weighted by atomic mass is 10.2. The SMILES string of the molecule is Cc1csc(N2CCN([C@@H](C)C(=O)Nc3ncccn3)CC2)n1. The number of nitrogens with zero attached hydrogens (tertiary/aromatic N) is 5. The zero-order chi connectivity index (χ0) is 16.2. The Kier molecular flexibility index (Phi) is 4.82. The van der Waals surface area contributed by atoms with Gasteiger partial charge in [-0.05, 0) is 19.9 Å². The molecule has 1 fully saturated rings.